The second-order valence-electron chi connectivity index (χ2n) is 3.68. The van der Waals surface area contributed by atoms with Crippen molar-refractivity contribution >= 4 is 36.6 Å². The summed E-state index contributed by atoms with van der Waals surface area (Å²) in [6.45, 7) is 0. The lowest BCUT2D eigenvalue weighted by Crippen LogP contribution is -2.11. The number of esters is 1. The smallest absolute Gasteiger partial charge is 0.356 e. The van der Waals surface area contributed by atoms with Gasteiger partial charge in [-0.2, -0.15) is 0 Å². The number of carbonyl (C=O) groups is 1. The Hall–Kier alpha value is -1.53. The van der Waals surface area contributed by atoms with Crippen molar-refractivity contribution in [3.05, 3.63) is 30.0 Å². The maximum atomic E-state index is 11.7. The van der Waals surface area contributed by atoms with Gasteiger partial charge >= 0.3 is 5.97 Å². The number of fused-ring (bicyclic) bond motifs is 1. The van der Waals surface area contributed by atoms with E-state index in [1.54, 1.807) is 31.3 Å². The summed E-state index contributed by atoms with van der Waals surface area (Å²) in [7, 11) is 4.13. The molecule has 1 aromatic heterocycles. The summed E-state index contributed by atoms with van der Waals surface area (Å²) in [6, 6.07) is 6.72. The molecule has 1 aromatic carbocycles. The maximum absolute atomic E-state index is 11.7. The highest BCUT2D eigenvalue weighted by atomic mass is 35.7. The number of aryl methyl sites for hydroxylation is 1. The summed E-state index contributed by atoms with van der Waals surface area (Å²) >= 11 is 0. The Morgan fingerprint density at radius 3 is 2.50 bits per heavy atom. The van der Waals surface area contributed by atoms with Crippen LogP contribution in [0.3, 0.4) is 0 Å². The summed E-state index contributed by atoms with van der Waals surface area (Å²) in [6.07, 6.45) is 0. The Morgan fingerprint density at radius 1 is 1.33 bits per heavy atom. The highest BCUT2D eigenvalue weighted by molar-refractivity contribution is 8.14. The van der Waals surface area contributed by atoms with E-state index in [0.717, 1.165) is 0 Å². The van der Waals surface area contributed by atoms with E-state index in [4.69, 9.17) is 10.7 Å². The van der Waals surface area contributed by atoms with Gasteiger partial charge in [-0.3, -0.25) is 0 Å². The molecule has 2 rings (SSSR count). The highest BCUT2D eigenvalue weighted by Gasteiger charge is 2.29. The predicted molar refractivity (Wildman–Crippen MR) is 67.3 cm³/mol. The molecule has 0 aliphatic rings. The third kappa shape index (κ3) is 1.87. The van der Waals surface area contributed by atoms with Crippen molar-refractivity contribution in [2.45, 2.75) is 4.90 Å². The van der Waals surface area contributed by atoms with Crippen LogP contribution in [0.15, 0.2) is 29.2 Å². The molecule has 0 amide bonds. The van der Waals surface area contributed by atoms with Gasteiger partial charge in [0.05, 0.1) is 7.11 Å². The maximum Gasteiger partial charge on any atom is 0.356 e. The Kier molecular flexibility index (Phi) is 3.08. The van der Waals surface area contributed by atoms with E-state index in [0.29, 0.717) is 10.9 Å². The first-order chi connectivity index (χ1) is 8.38. The SMILES string of the molecule is COC(=O)c1c(S(=O)(=O)Cl)c2ccccc2n1C. The molecule has 0 unspecified atom stereocenters. The minimum atomic E-state index is -4.04. The van der Waals surface area contributed by atoms with E-state index in [9.17, 15) is 13.2 Å². The largest absolute Gasteiger partial charge is 0.464 e. The zero-order valence-electron chi connectivity index (χ0n) is 9.68. The molecule has 0 spiro atoms. The predicted octanol–water partition coefficient (Wildman–Crippen LogP) is 1.89. The number of nitrogens with zero attached hydrogens (tertiary/aromatic N) is 1. The molecule has 5 nitrogen and oxygen atoms in total. The molecule has 0 aliphatic carbocycles. The standard InChI is InChI=1S/C11H10ClNO4S/c1-13-8-6-4-3-5-7(8)10(18(12,15)16)9(13)11(14)17-2/h3-6H,1-2H3. The molecule has 2 aromatic rings. The minimum absolute atomic E-state index is 0.0753. The Bertz CT molecular complexity index is 733. The van der Waals surface area contributed by atoms with E-state index in [2.05, 4.69) is 4.74 Å². The number of halogens is 1. The van der Waals surface area contributed by atoms with Gasteiger partial charge in [-0.05, 0) is 6.07 Å². The second-order valence-corrected chi connectivity index (χ2v) is 6.19. The molecule has 0 bridgehead atoms. The lowest BCUT2D eigenvalue weighted by molar-refractivity contribution is 0.0586. The number of benzene rings is 1. The van der Waals surface area contributed by atoms with Crippen LogP contribution >= 0.6 is 10.7 Å². The Morgan fingerprint density at radius 2 is 1.94 bits per heavy atom. The molecule has 0 fully saturated rings. The van der Waals surface area contributed by atoms with Crippen LogP contribution in [0.25, 0.3) is 10.9 Å². The average Bonchev–Trinajstić information content (AvgIpc) is 2.62. The van der Waals surface area contributed by atoms with Gasteiger partial charge in [-0.15, -0.1) is 0 Å². The van der Waals surface area contributed by atoms with Crippen molar-refractivity contribution in [1.82, 2.24) is 4.57 Å². The van der Waals surface area contributed by atoms with Crippen molar-refractivity contribution in [1.29, 1.82) is 0 Å². The number of aromatic nitrogens is 1. The molecular weight excluding hydrogens is 278 g/mol. The summed E-state index contributed by atoms with van der Waals surface area (Å²) in [4.78, 5) is 11.5. The molecular formula is C11H10ClNO4S. The fourth-order valence-corrected chi connectivity index (χ4v) is 3.29. The number of para-hydroxylation sites is 1. The van der Waals surface area contributed by atoms with Gasteiger partial charge in [-0.25, -0.2) is 13.2 Å². The zero-order chi connectivity index (χ0) is 13.5. The summed E-state index contributed by atoms with van der Waals surface area (Å²) < 4.78 is 29.3. The van der Waals surface area contributed by atoms with Crippen LogP contribution in [-0.4, -0.2) is 26.1 Å². The molecule has 7 heteroatoms. The van der Waals surface area contributed by atoms with Crippen LogP contribution in [0.1, 0.15) is 10.5 Å². The molecule has 96 valence electrons. The van der Waals surface area contributed by atoms with E-state index < -0.39 is 15.0 Å². The van der Waals surface area contributed by atoms with Crippen LogP contribution in [0.2, 0.25) is 0 Å². The van der Waals surface area contributed by atoms with Gasteiger partial charge in [0.2, 0.25) is 0 Å². The van der Waals surface area contributed by atoms with E-state index in [1.165, 1.54) is 11.7 Å². The van der Waals surface area contributed by atoms with Crippen molar-refractivity contribution < 1.29 is 17.9 Å². The Balaban J connectivity index is 3.00. The summed E-state index contributed by atoms with van der Waals surface area (Å²) in [5.74, 6) is -0.743. The quantitative estimate of drug-likeness (QED) is 0.625. The van der Waals surface area contributed by atoms with Crippen LogP contribution in [0.4, 0.5) is 0 Å². The van der Waals surface area contributed by atoms with Gasteiger partial charge in [0.1, 0.15) is 10.6 Å². The lowest BCUT2D eigenvalue weighted by Gasteiger charge is -2.03. The topological polar surface area (TPSA) is 65.4 Å². The molecule has 18 heavy (non-hydrogen) atoms. The molecule has 1 heterocycles. The highest BCUT2D eigenvalue weighted by Crippen LogP contribution is 2.32. The van der Waals surface area contributed by atoms with E-state index in [1.807, 2.05) is 0 Å². The number of ether oxygens (including phenoxy) is 1. The first-order valence-corrected chi connectivity index (χ1v) is 7.29. The van der Waals surface area contributed by atoms with Crippen LogP contribution in [-0.2, 0) is 20.8 Å². The fraction of sp³-hybridized carbons (Fsp3) is 0.182. The molecule has 0 aliphatic heterocycles. The fourth-order valence-electron chi connectivity index (χ4n) is 1.93. The van der Waals surface area contributed by atoms with Crippen molar-refractivity contribution in [3.63, 3.8) is 0 Å². The molecule has 0 N–H and O–H groups in total. The molecule has 0 radical (unpaired) electrons. The van der Waals surface area contributed by atoms with E-state index in [-0.39, 0.29) is 10.6 Å². The van der Waals surface area contributed by atoms with Crippen LogP contribution < -0.4 is 0 Å². The molecule has 0 atom stereocenters. The Labute approximate surface area is 108 Å². The van der Waals surface area contributed by atoms with Crippen LogP contribution in [0, 0.1) is 0 Å². The van der Waals surface area contributed by atoms with Crippen molar-refractivity contribution in [3.8, 4) is 0 Å². The normalized spacial score (nSPS) is 11.7. The summed E-state index contributed by atoms with van der Waals surface area (Å²) in [5.41, 5.74) is 0.519. The van der Waals surface area contributed by atoms with Gasteiger partial charge in [0.15, 0.2) is 0 Å². The van der Waals surface area contributed by atoms with E-state index >= 15 is 0 Å². The number of rotatable bonds is 2. The van der Waals surface area contributed by atoms with Crippen molar-refractivity contribution in [2.24, 2.45) is 7.05 Å². The number of hydrogen-bond acceptors (Lipinski definition) is 4. The minimum Gasteiger partial charge on any atom is -0.464 e. The van der Waals surface area contributed by atoms with Gasteiger partial charge in [0.25, 0.3) is 9.05 Å². The van der Waals surface area contributed by atoms with Gasteiger partial charge in [0, 0.05) is 28.6 Å². The summed E-state index contributed by atoms with van der Waals surface area (Å²) in [5, 5.41) is 0.399. The van der Waals surface area contributed by atoms with Gasteiger partial charge in [-0.1, -0.05) is 18.2 Å². The first kappa shape index (κ1) is 12.9. The average molecular weight is 288 g/mol. The third-order valence-electron chi connectivity index (χ3n) is 2.68. The number of methoxy groups -OCH3 is 1. The van der Waals surface area contributed by atoms with Crippen molar-refractivity contribution in [2.75, 3.05) is 7.11 Å². The number of hydrogen-bond donors (Lipinski definition) is 0. The van der Waals surface area contributed by atoms with Crippen LogP contribution in [0.5, 0.6) is 0 Å². The third-order valence-corrected chi connectivity index (χ3v) is 4.05. The zero-order valence-corrected chi connectivity index (χ0v) is 11.2. The number of carbonyl (C=O) groups excluding carboxylic acids is 1. The van der Waals surface area contributed by atoms with Gasteiger partial charge < -0.3 is 9.30 Å². The molecule has 0 saturated heterocycles. The monoisotopic (exact) mass is 287 g/mol. The lowest BCUT2D eigenvalue weighted by atomic mass is 10.2. The second kappa shape index (κ2) is 4.29. The first-order valence-electron chi connectivity index (χ1n) is 4.98. The molecule has 0 saturated carbocycles.